The number of nitrogens with zero attached hydrogens (tertiary/aromatic N) is 2. The van der Waals surface area contributed by atoms with E-state index in [1.54, 1.807) is 37.6 Å². The second-order valence-electron chi connectivity index (χ2n) is 9.58. The van der Waals surface area contributed by atoms with Crippen LogP contribution in [0.1, 0.15) is 53.0 Å². The van der Waals surface area contributed by atoms with Crippen molar-refractivity contribution in [2.24, 2.45) is 5.92 Å². The van der Waals surface area contributed by atoms with Crippen molar-refractivity contribution < 1.29 is 23.9 Å². The quantitative estimate of drug-likeness (QED) is 0.717. The molecule has 1 fully saturated rings. The van der Waals surface area contributed by atoms with Crippen molar-refractivity contribution in [1.82, 2.24) is 15.1 Å². The van der Waals surface area contributed by atoms with E-state index in [-0.39, 0.29) is 30.6 Å². The molecule has 0 spiro atoms. The van der Waals surface area contributed by atoms with Crippen LogP contribution >= 0.6 is 0 Å². The molecule has 3 amide bonds. The Kier molecular flexibility index (Phi) is 8.92. The number of nitrogens with one attached hydrogen (secondary N) is 1. The van der Waals surface area contributed by atoms with E-state index in [1.165, 1.54) is 0 Å². The predicted octanol–water partition coefficient (Wildman–Crippen LogP) is 3.80. The predicted molar refractivity (Wildman–Crippen MR) is 122 cm³/mol. The van der Waals surface area contributed by atoms with Gasteiger partial charge in [-0.25, -0.2) is 9.59 Å². The maximum Gasteiger partial charge on any atom is 0.410 e. The molecule has 178 valence electrons. The van der Waals surface area contributed by atoms with Crippen LogP contribution in [0.3, 0.4) is 0 Å². The standard InChI is InChI=1S/C24H37N3O5/c1-17(2)20(25-22(29)32-24(3,4)5)21(28)27-14-12-19(13-15-27)26(6)23(30)31-16-18-10-8-7-9-11-18/h7-11,17,19-20H,12-16H2,1-6H3,(H,25,29). The maximum absolute atomic E-state index is 13.1. The van der Waals surface area contributed by atoms with Gasteiger partial charge in [-0.3, -0.25) is 4.79 Å². The van der Waals surface area contributed by atoms with Gasteiger partial charge in [0.15, 0.2) is 0 Å². The molecular formula is C24H37N3O5. The van der Waals surface area contributed by atoms with E-state index in [0.717, 1.165) is 5.56 Å². The van der Waals surface area contributed by atoms with Gasteiger partial charge in [-0.15, -0.1) is 0 Å². The van der Waals surface area contributed by atoms with E-state index in [4.69, 9.17) is 9.47 Å². The lowest BCUT2D eigenvalue weighted by Gasteiger charge is -2.38. The molecule has 1 N–H and O–H groups in total. The molecule has 1 saturated heterocycles. The molecular weight excluding hydrogens is 410 g/mol. The number of hydrogen-bond acceptors (Lipinski definition) is 5. The third kappa shape index (κ3) is 7.73. The smallest absolute Gasteiger partial charge is 0.410 e. The first kappa shape index (κ1) is 25.5. The minimum absolute atomic E-state index is 0.00126. The van der Waals surface area contributed by atoms with Crippen LogP contribution in [0, 0.1) is 5.92 Å². The number of carbonyl (C=O) groups is 3. The van der Waals surface area contributed by atoms with Gasteiger partial charge in [0.05, 0.1) is 0 Å². The van der Waals surface area contributed by atoms with Crippen molar-refractivity contribution in [3.05, 3.63) is 35.9 Å². The van der Waals surface area contributed by atoms with E-state index in [0.29, 0.717) is 25.9 Å². The van der Waals surface area contributed by atoms with Gasteiger partial charge in [0, 0.05) is 26.2 Å². The number of carbonyl (C=O) groups excluding carboxylic acids is 3. The molecule has 0 bridgehead atoms. The zero-order valence-electron chi connectivity index (χ0n) is 20.1. The second kappa shape index (κ2) is 11.2. The fourth-order valence-electron chi connectivity index (χ4n) is 3.59. The van der Waals surface area contributed by atoms with E-state index < -0.39 is 17.7 Å². The summed E-state index contributed by atoms with van der Waals surface area (Å²) in [5.41, 5.74) is 0.305. The lowest BCUT2D eigenvalue weighted by molar-refractivity contribution is -0.136. The molecule has 1 atom stereocenters. The first-order valence-corrected chi connectivity index (χ1v) is 11.2. The Bertz CT molecular complexity index is 768. The lowest BCUT2D eigenvalue weighted by Crippen LogP contribution is -2.55. The highest BCUT2D eigenvalue weighted by atomic mass is 16.6. The Labute approximate surface area is 191 Å². The second-order valence-corrected chi connectivity index (χ2v) is 9.58. The van der Waals surface area contributed by atoms with Crippen molar-refractivity contribution in [3.8, 4) is 0 Å². The van der Waals surface area contributed by atoms with Gasteiger partial charge >= 0.3 is 12.2 Å². The molecule has 1 aliphatic heterocycles. The zero-order chi connectivity index (χ0) is 23.9. The lowest BCUT2D eigenvalue weighted by atomic mass is 9.99. The van der Waals surface area contributed by atoms with Crippen LogP contribution in [0.2, 0.25) is 0 Å². The first-order chi connectivity index (χ1) is 15.0. The van der Waals surface area contributed by atoms with E-state index >= 15 is 0 Å². The summed E-state index contributed by atoms with van der Waals surface area (Å²) in [5, 5.41) is 2.72. The van der Waals surface area contributed by atoms with E-state index in [9.17, 15) is 14.4 Å². The number of piperidine rings is 1. The SMILES string of the molecule is CC(C)C(NC(=O)OC(C)(C)C)C(=O)N1CCC(N(C)C(=O)OCc2ccccc2)CC1. The van der Waals surface area contributed by atoms with Gasteiger partial charge in [0.2, 0.25) is 5.91 Å². The van der Waals surface area contributed by atoms with Crippen LogP contribution in [0.15, 0.2) is 30.3 Å². The molecule has 2 rings (SSSR count). The first-order valence-electron chi connectivity index (χ1n) is 11.2. The fourth-order valence-corrected chi connectivity index (χ4v) is 3.59. The van der Waals surface area contributed by atoms with Crippen LogP contribution in [0.4, 0.5) is 9.59 Å². The molecule has 1 aromatic rings. The molecule has 0 saturated carbocycles. The largest absolute Gasteiger partial charge is 0.445 e. The molecule has 0 aliphatic carbocycles. The summed E-state index contributed by atoms with van der Waals surface area (Å²) in [5.74, 6) is -0.206. The number of alkyl carbamates (subject to hydrolysis) is 1. The van der Waals surface area contributed by atoms with Gasteiger partial charge in [-0.2, -0.15) is 0 Å². The molecule has 1 aliphatic rings. The van der Waals surface area contributed by atoms with Crippen LogP contribution in [-0.4, -0.2) is 65.7 Å². The van der Waals surface area contributed by atoms with Gasteiger partial charge < -0.3 is 24.6 Å². The van der Waals surface area contributed by atoms with Crippen molar-refractivity contribution in [2.75, 3.05) is 20.1 Å². The Balaban J connectivity index is 1.85. The van der Waals surface area contributed by atoms with Crippen LogP contribution in [-0.2, 0) is 20.9 Å². The number of ether oxygens (including phenoxy) is 2. The minimum atomic E-state index is -0.657. The van der Waals surface area contributed by atoms with Crippen LogP contribution in [0.25, 0.3) is 0 Å². The highest BCUT2D eigenvalue weighted by molar-refractivity contribution is 5.86. The zero-order valence-corrected chi connectivity index (χ0v) is 20.1. The molecule has 1 heterocycles. The van der Waals surface area contributed by atoms with Crippen LogP contribution in [0.5, 0.6) is 0 Å². The van der Waals surface area contributed by atoms with Gasteiger partial charge in [0.1, 0.15) is 18.2 Å². The Morgan fingerprint density at radius 1 is 1.12 bits per heavy atom. The summed E-state index contributed by atoms with van der Waals surface area (Å²) < 4.78 is 10.7. The summed E-state index contributed by atoms with van der Waals surface area (Å²) in [6, 6.07) is 8.89. The maximum atomic E-state index is 13.1. The Hall–Kier alpha value is -2.77. The summed E-state index contributed by atoms with van der Waals surface area (Å²) in [7, 11) is 1.73. The number of rotatable bonds is 6. The average molecular weight is 448 g/mol. The van der Waals surface area contributed by atoms with Gasteiger partial charge in [-0.1, -0.05) is 44.2 Å². The summed E-state index contributed by atoms with van der Waals surface area (Å²) >= 11 is 0. The molecule has 32 heavy (non-hydrogen) atoms. The Morgan fingerprint density at radius 2 is 1.72 bits per heavy atom. The molecule has 0 aromatic heterocycles. The monoisotopic (exact) mass is 447 g/mol. The van der Waals surface area contributed by atoms with Crippen molar-refractivity contribution in [3.63, 3.8) is 0 Å². The third-order valence-corrected chi connectivity index (χ3v) is 5.42. The highest BCUT2D eigenvalue weighted by Crippen LogP contribution is 2.19. The average Bonchev–Trinajstić information content (AvgIpc) is 2.74. The van der Waals surface area contributed by atoms with Crippen molar-refractivity contribution in [2.45, 2.75) is 71.8 Å². The highest BCUT2D eigenvalue weighted by Gasteiger charge is 2.34. The number of likely N-dealkylation sites (tertiary alicyclic amines) is 1. The van der Waals surface area contributed by atoms with E-state index in [2.05, 4.69) is 5.32 Å². The topological polar surface area (TPSA) is 88.2 Å². The van der Waals surface area contributed by atoms with Crippen LogP contribution < -0.4 is 5.32 Å². The number of benzene rings is 1. The van der Waals surface area contributed by atoms with Gasteiger partial charge in [0.25, 0.3) is 0 Å². The Morgan fingerprint density at radius 3 is 2.25 bits per heavy atom. The molecule has 1 unspecified atom stereocenters. The summed E-state index contributed by atoms with van der Waals surface area (Å²) in [6.45, 7) is 10.4. The normalized spacial score (nSPS) is 15.8. The fraction of sp³-hybridized carbons (Fsp3) is 0.625. The summed E-state index contributed by atoms with van der Waals surface area (Å²) in [6.07, 6.45) is 0.338. The summed E-state index contributed by atoms with van der Waals surface area (Å²) in [4.78, 5) is 41.0. The molecule has 8 nitrogen and oxygen atoms in total. The number of amides is 3. The van der Waals surface area contributed by atoms with Crippen molar-refractivity contribution >= 4 is 18.1 Å². The minimum Gasteiger partial charge on any atom is -0.445 e. The van der Waals surface area contributed by atoms with Crippen molar-refractivity contribution in [1.29, 1.82) is 0 Å². The molecule has 1 aromatic carbocycles. The molecule has 0 radical (unpaired) electrons. The van der Waals surface area contributed by atoms with E-state index in [1.807, 2.05) is 44.2 Å². The third-order valence-electron chi connectivity index (χ3n) is 5.42. The number of hydrogen-bond donors (Lipinski definition) is 1. The van der Waals surface area contributed by atoms with Gasteiger partial charge in [-0.05, 0) is 45.1 Å². The molecule has 8 heteroatoms.